The van der Waals surface area contributed by atoms with Crippen molar-refractivity contribution >= 4 is 5.69 Å². The van der Waals surface area contributed by atoms with E-state index in [0.717, 1.165) is 17.8 Å². The van der Waals surface area contributed by atoms with Crippen LogP contribution in [-0.4, -0.2) is 38.5 Å². The van der Waals surface area contributed by atoms with Crippen LogP contribution in [0.2, 0.25) is 0 Å². The standard InChI is InChI=1S/C13H19N5O/c1-3-13(2,9-19)8-14-11-6-4-5-7-12(11)18-10-15-16-17-18/h4-7,10,14,19H,3,8-9H2,1-2H3. The normalized spacial score (nSPS) is 14.1. The number of nitrogens with one attached hydrogen (secondary N) is 1. The Morgan fingerprint density at radius 2 is 2.16 bits per heavy atom. The number of hydrogen-bond acceptors (Lipinski definition) is 5. The Morgan fingerprint density at radius 1 is 1.37 bits per heavy atom. The molecule has 2 rings (SSSR count). The number of hydrogen-bond donors (Lipinski definition) is 2. The van der Waals surface area contributed by atoms with Crippen LogP contribution in [0.4, 0.5) is 5.69 Å². The first-order valence-electron chi connectivity index (χ1n) is 6.35. The summed E-state index contributed by atoms with van der Waals surface area (Å²) in [7, 11) is 0. The van der Waals surface area contributed by atoms with Crippen LogP contribution < -0.4 is 5.32 Å². The third-order valence-corrected chi connectivity index (χ3v) is 3.44. The molecule has 1 unspecified atom stereocenters. The third kappa shape index (κ3) is 3.08. The second kappa shape index (κ2) is 5.79. The molecule has 6 heteroatoms. The highest BCUT2D eigenvalue weighted by Gasteiger charge is 2.21. The number of aliphatic hydroxyl groups excluding tert-OH is 1. The average Bonchev–Trinajstić information content (AvgIpc) is 2.99. The molecule has 0 spiro atoms. The Bertz CT molecular complexity index is 508. The highest BCUT2D eigenvalue weighted by atomic mass is 16.3. The highest BCUT2D eigenvalue weighted by molar-refractivity contribution is 5.60. The second-order valence-corrected chi connectivity index (χ2v) is 4.95. The molecule has 0 amide bonds. The lowest BCUT2D eigenvalue weighted by Gasteiger charge is -2.26. The molecule has 0 saturated heterocycles. The lowest BCUT2D eigenvalue weighted by atomic mass is 9.88. The van der Waals surface area contributed by atoms with E-state index >= 15 is 0 Å². The Balaban J connectivity index is 2.17. The van der Waals surface area contributed by atoms with Gasteiger partial charge in [0.1, 0.15) is 6.33 Å². The van der Waals surface area contributed by atoms with E-state index < -0.39 is 0 Å². The van der Waals surface area contributed by atoms with Crippen molar-refractivity contribution in [2.75, 3.05) is 18.5 Å². The first kappa shape index (κ1) is 13.5. The largest absolute Gasteiger partial charge is 0.396 e. The van der Waals surface area contributed by atoms with Gasteiger partial charge in [0.2, 0.25) is 0 Å². The molecular weight excluding hydrogens is 242 g/mol. The van der Waals surface area contributed by atoms with Gasteiger partial charge in [-0.15, -0.1) is 5.10 Å². The maximum atomic E-state index is 9.44. The Labute approximate surface area is 112 Å². The summed E-state index contributed by atoms with van der Waals surface area (Å²) in [5, 5.41) is 24.0. The molecule has 0 aliphatic rings. The van der Waals surface area contributed by atoms with Crippen molar-refractivity contribution in [1.82, 2.24) is 20.2 Å². The minimum absolute atomic E-state index is 0.131. The Morgan fingerprint density at radius 3 is 2.79 bits per heavy atom. The van der Waals surface area contributed by atoms with E-state index in [1.807, 2.05) is 24.3 Å². The molecule has 6 nitrogen and oxygen atoms in total. The quantitative estimate of drug-likeness (QED) is 0.823. The van der Waals surface area contributed by atoms with Gasteiger partial charge >= 0.3 is 0 Å². The zero-order valence-electron chi connectivity index (χ0n) is 11.2. The molecule has 0 radical (unpaired) electrons. The highest BCUT2D eigenvalue weighted by Crippen LogP contribution is 2.24. The number of nitrogens with zero attached hydrogens (tertiary/aromatic N) is 4. The second-order valence-electron chi connectivity index (χ2n) is 4.95. The molecule has 2 N–H and O–H groups in total. The van der Waals surface area contributed by atoms with E-state index in [9.17, 15) is 5.11 Å². The van der Waals surface area contributed by atoms with E-state index in [0.29, 0.717) is 6.54 Å². The molecule has 0 saturated carbocycles. The van der Waals surface area contributed by atoms with Gasteiger partial charge in [0, 0.05) is 12.0 Å². The molecule has 0 bridgehead atoms. The monoisotopic (exact) mass is 261 g/mol. The van der Waals surface area contributed by atoms with Gasteiger partial charge in [-0.25, -0.2) is 0 Å². The fourth-order valence-electron chi connectivity index (χ4n) is 1.70. The van der Waals surface area contributed by atoms with Gasteiger partial charge in [-0.3, -0.25) is 0 Å². The first-order chi connectivity index (χ1) is 9.18. The Kier molecular flexibility index (Phi) is 4.11. The molecule has 1 aromatic carbocycles. The van der Waals surface area contributed by atoms with Crippen LogP contribution in [0.25, 0.3) is 5.69 Å². The maximum absolute atomic E-state index is 9.44. The van der Waals surface area contributed by atoms with E-state index in [-0.39, 0.29) is 12.0 Å². The molecule has 0 fully saturated rings. The molecule has 0 aliphatic carbocycles. The lowest BCUT2D eigenvalue weighted by molar-refractivity contribution is 0.149. The maximum Gasteiger partial charge on any atom is 0.143 e. The van der Waals surface area contributed by atoms with Crippen molar-refractivity contribution in [3.8, 4) is 5.69 Å². The summed E-state index contributed by atoms with van der Waals surface area (Å²) >= 11 is 0. The number of anilines is 1. The first-order valence-corrected chi connectivity index (χ1v) is 6.35. The van der Waals surface area contributed by atoms with E-state index in [1.165, 1.54) is 0 Å². The average molecular weight is 261 g/mol. The number of tetrazole rings is 1. The summed E-state index contributed by atoms with van der Waals surface area (Å²) in [4.78, 5) is 0. The number of benzene rings is 1. The third-order valence-electron chi connectivity index (χ3n) is 3.44. The van der Waals surface area contributed by atoms with Gasteiger partial charge in [-0.05, 0) is 29.0 Å². The van der Waals surface area contributed by atoms with Gasteiger partial charge < -0.3 is 10.4 Å². The lowest BCUT2D eigenvalue weighted by Crippen LogP contribution is -2.29. The molecule has 1 heterocycles. The smallest absolute Gasteiger partial charge is 0.143 e. The van der Waals surface area contributed by atoms with Crippen LogP contribution in [0.3, 0.4) is 0 Å². The predicted molar refractivity (Wildman–Crippen MR) is 73.1 cm³/mol. The van der Waals surface area contributed by atoms with Crippen LogP contribution in [0.5, 0.6) is 0 Å². The fourth-order valence-corrected chi connectivity index (χ4v) is 1.70. The molecule has 102 valence electrons. The SMILES string of the molecule is CCC(C)(CO)CNc1ccccc1-n1cnnn1. The number of aromatic nitrogens is 4. The van der Waals surface area contributed by atoms with Crippen molar-refractivity contribution in [1.29, 1.82) is 0 Å². The fraction of sp³-hybridized carbons (Fsp3) is 0.462. The van der Waals surface area contributed by atoms with Gasteiger partial charge in [0.05, 0.1) is 18.0 Å². The van der Waals surface area contributed by atoms with E-state index in [1.54, 1.807) is 11.0 Å². The summed E-state index contributed by atoms with van der Waals surface area (Å²) in [6.07, 6.45) is 2.47. The minimum atomic E-state index is -0.131. The van der Waals surface area contributed by atoms with Crippen LogP contribution >= 0.6 is 0 Å². The number of rotatable bonds is 6. The Hall–Kier alpha value is -1.95. The topological polar surface area (TPSA) is 75.9 Å². The molecule has 2 aromatic rings. The van der Waals surface area contributed by atoms with Gasteiger partial charge in [-0.2, -0.15) is 4.68 Å². The molecule has 0 aliphatic heterocycles. The zero-order chi connectivity index (χ0) is 13.7. The summed E-state index contributed by atoms with van der Waals surface area (Å²) in [5.41, 5.74) is 1.71. The number of aliphatic hydroxyl groups is 1. The summed E-state index contributed by atoms with van der Waals surface area (Å²) in [5.74, 6) is 0. The van der Waals surface area contributed by atoms with Crippen molar-refractivity contribution < 1.29 is 5.11 Å². The van der Waals surface area contributed by atoms with Gasteiger partial charge in [0.25, 0.3) is 0 Å². The molecular formula is C13H19N5O. The number of para-hydroxylation sites is 2. The van der Waals surface area contributed by atoms with Crippen molar-refractivity contribution in [2.45, 2.75) is 20.3 Å². The molecule has 19 heavy (non-hydrogen) atoms. The summed E-state index contributed by atoms with van der Waals surface area (Å²) in [6.45, 7) is 4.98. The van der Waals surface area contributed by atoms with Crippen LogP contribution in [0.15, 0.2) is 30.6 Å². The van der Waals surface area contributed by atoms with E-state index in [2.05, 4.69) is 34.7 Å². The minimum Gasteiger partial charge on any atom is -0.396 e. The molecule has 1 aromatic heterocycles. The van der Waals surface area contributed by atoms with Crippen LogP contribution in [-0.2, 0) is 0 Å². The van der Waals surface area contributed by atoms with Gasteiger partial charge in [0.15, 0.2) is 0 Å². The summed E-state index contributed by atoms with van der Waals surface area (Å²) < 4.78 is 1.62. The van der Waals surface area contributed by atoms with E-state index in [4.69, 9.17) is 0 Å². The zero-order valence-corrected chi connectivity index (χ0v) is 11.2. The predicted octanol–water partition coefficient (Wildman–Crippen LogP) is 1.48. The van der Waals surface area contributed by atoms with Crippen LogP contribution in [0.1, 0.15) is 20.3 Å². The molecule has 1 atom stereocenters. The van der Waals surface area contributed by atoms with Crippen molar-refractivity contribution in [3.05, 3.63) is 30.6 Å². The van der Waals surface area contributed by atoms with Gasteiger partial charge in [-0.1, -0.05) is 26.0 Å². The summed E-state index contributed by atoms with van der Waals surface area (Å²) in [6, 6.07) is 7.82. The van der Waals surface area contributed by atoms with Crippen LogP contribution in [0, 0.1) is 5.41 Å². The van der Waals surface area contributed by atoms with Crippen molar-refractivity contribution in [2.24, 2.45) is 5.41 Å². The van der Waals surface area contributed by atoms with Crippen molar-refractivity contribution in [3.63, 3.8) is 0 Å².